The van der Waals surface area contributed by atoms with Crippen molar-refractivity contribution in [3.05, 3.63) is 34.9 Å². The van der Waals surface area contributed by atoms with Gasteiger partial charge in [-0.05, 0) is 36.1 Å². The van der Waals surface area contributed by atoms with Gasteiger partial charge in [0.05, 0.1) is 0 Å². The molecular formula is C12H14BrClO. The van der Waals surface area contributed by atoms with Crippen LogP contribution in [0.3, 0.4) is 0 Å². The Morgan fingerprint density at radius 1 is 1.47 bits per heavy atom. The number of hydrogen-bond donors (Lipinski definition) is 0. The summed E-state index contributed by atoms with van der Waals surface area (Å²) in [6, 6.07) is 6.27. The van der Waals surface area contributed by atoms with Gasteiger partial charge in [-0.3, -0.25) is 4.79 Å². The topological polar surface area (TPSA) is 17.1 Å². The minimum absolute atomic E-state index is 0.118. The molecule has 15 heavy (non-hydrogen) atoms. The van der Waals surface area contributed by atoms with Crippen molar-refractivity contribution in [2.45, 2.75) is 25.6 Å². The predicted octanol–water partition coefficient (Wildman–Crippen LogP) is 3.83. The van der Waals surface area contributed by atoms with E-state index in [0.717, 1.165) is 5.33 Å². The van der Waals surface area contributed by atoms with Crippen molar-refractivity contribution in [2.75, 3.05) is 0 Å². The highest BCUT2D eigenvalue weighted by Crippen LogP contribution is 2.19. The van der Waals surface area contributed by atoms with Gasteiger partial charge >= 0.3 is 0 Å². The highest BCUT2D eigenvalue weighted by molar-refractivity contribution is 9.08. The van der Waals surface area contributed by atoms with Crippen LogP contribution in [0.25, 0.3) is 0 Å². The van der Waals surface area contributed by atoms with Crippen molar-refractivity contribution >= 4 is 32.8 Å². The van der Waals surface area contributed by atoms with Crippen LogP contribution in [0.1, 0.15) is 23.6 Å². The van der Waals surface area contributed by atoms with Gasteiger partial charge in [-0.1, -0.05) is 46.6 Å². The maximum absolute atomic E-state index is 11.0. The third kappa shape index (κ3) is 3.62. The van der Waals surface area contributed by atoms with Gasteiger partial charge < -0.3 is 0 Å². The van der Waals surface area contributed by atoms with E-state index >= 15 is 0 Å². The first-order chi connectivity index (χ1) is 7.04. The van der Waals surface area contributed by atoms with Crippen LogP contribution in [-0.4, -0.2) is 5.24 Å². The van der Waals surface area contributed by atoms with Gasteiger partial charge in [0.25, 0.3) is 0 Å². The molecule has 0 saturated carbocycles. The molecule has 0 aliphatic rings. The molecule has 1 aromatic carbocycles. The molecule has 0 aliphatic carbocycles. The Morgan fingerprint density at radius 2 is 2.13 bits per heavy atom. The molecule has 1 atom stereocenters. The Labute approximate surface area is 104 Å². The van der Waals surface area contributed by atoms with Gasteiger partial charge in [-0.15, -0.1) is 0 Å². The molecule has 1 unspecified atom stereocenters. The van der Waals surface area contributed by atoms with E-state index in [2.05, 4.69) is 41.1 Å². The number of carbonyl (C=O) groups excluding carboxylic acids is 1. The van der Waals surface area contributed by atoms with E-state index in [-0.39, 0.29) is 11.2 Å². The fourth-order valence-electron chi connectivity index (χ4n) is 1.49. The summed E-state index contributed by atoms with van der Waals surface area (Å²) in [5.41, 5.74) is 3.66. The maximum Gasteiger partial charge on any atom is 0.224 e. The van der Waals surface area contributed by atoms with Crippen LogP contribution in [0.15, 0.2) is 18.2 Å². The fourth-order valence-corrected chi connectivity index (χ4v) is 2.09. The van der Waals surface area contributed by atoms with Crippen LogP contribution in [0.4, 0.5) is 0 Å². The van der Waals surface area contributed by atoms with E-state index in [4.69, 9.17) is 11.6 Å². The van der Waals surface area contributed by atoms with Crippen LogP contribution in [-0.2, 0) is 16.5 Å². The maximum atomic E-state index is 11.0. The first kappa shape index (κ1) is 12.7. The van der Waals surface area contributed by atoms with Gasteiger partial charge in [-0.2, -0.15) is 0 Å². The van der Waals surface area contributed by atoms with Crippen molar-refractivity contribution in [3.8, 4) is 0 Å². The Kier molecular flexibility index (Phi) is 4.81. The second-order valence-electron chi connectivity index (χ2n) is 3.82. The molecule has 0 bridgehead atoms. The average Bonchev–Trinajstić information content (AvgIpc) is 2.20. The van der Waals surface area contributed by atoms with Crippen molar-refractivity contribution in [1.82, 2.24) is 0 Å². The summed E-state index contributed by atoms with van der Waals surface area (Å²) < 4.78 is 0. The van der Waals surface area contributed by atoms with Crippen LogP contribution in [0.2, 0.25) is 0 Å². The van der Waals surface area contributed by atoms with E-state index in [0.29, 0.717) is 6.42 Å². The Balaban J connectivity index is 2.89. The van der Waals surface area contributed by atoms with Crippen molar-refractivity contribution < 1.29 is 4.79 Å². The Hall–Kier alpha value is -0.340. The summed E-state index contributed by atoms with van der Waals surface area (Å²) in [5.74, 6) is -0.118. The van der Waals surface area contributed by atoms with Gasteiger partial charge in [0, 0.05) is 11.2 Å². The molecule has 1 rings (SSSR count). The lowest BCUT2D eigenvalue weighted by Crippen LogP contribution is -2.08. The molecular weight excluding hydrogens is 275 g/mol. The van der Waals surface area contributed by atoms with Crippen molar-refractivity contribution in [1.29, 1.82) is 0 Å². The quantitative estimate of drug-likeness (QED) is 0.608. The van der Waals surface area contributed by atoms with E-state index < -0.39 is 0 Å². The summed E-state index contributed by atoms with van der Waals surface area (Å²) in [5, 5.41) is 0.545. The zero-order valence-corrected chi connectivity index (χ0v) is 11.2. The summed E-state index contributed by atoms with van der Waals surface area (Å²) in [6.45, 7) is 3.92. The predicted molar refractivity (Wildman–Crippen MR) is 67.5 cm³/mol. The van der Waals surface area contributed by atoms with E-state index in [1.807, 2.05) is 6.92 Å². The molecule has 1 aromatic rings. The van der Waals surface area contributed by atoms with E-state index in [9.17, 15) is 4.79 Å². The molecule has 3 heteroatoms. The fraction of sp³-hybridized carbons (Fsp3) is 0.417. The number of rotatable bonds is 4. The highest BCUT2D eigenvalue weighted by Gasteiger charge is 2.12. The molecule has 0 aromatic heterocycles. The summed E-state index contributed by atoms with van der Waals surface area (Å²) >= 11 is 8.91. The molecule has 0 radical (unpaired) electrons. The van der Waals surface area contributed by atoms with Crippen molar-refractivity contribution in [3.63, 3.8) is 0 Å². The zero-order chi connectivity index (χ0) is 11.4. The summed E-state index contributed by atoms with van der Waals surface area (Å²) in [6.07, 6.45) is 0.712. The second-order valence-corrected chi connectivity index (χ2v) is 4.75. The van der Waals surface area contributed by atoms with E-state index in [1.54, 1.807) is 0 Å². The minimum Gasteiger partial charge on any atom is -0.281 e. The highest BCUT2D eigenvalue weighted by atomic mass is 79.9. The SMILES string of the molecule is Cc1ccc(CC(C)C(=O)Cl)c(CBr)c1. The lowest BCUT2D eigenvalue weighted by Gasteiger charge is -2.11. The molecule has 0 N–H and O–H groups in total. The third-order valence-electron chi connectivity index (χ3n) is 2.42. The zero-order valence-electron chi connectivity index (χ0n) is 8.89. The molecule has 0 saturated heterocycles. The van der Waals surface area contributed by atoms with Crippen molar-refractivity contribution in [2.24, 2.45) is 5.92 Å². The van der Waals surface area contributed by atoms with Crippen LogP contribution in [0, 0.1) is 12.8 Å². The van der Waals surface area contributed by atoms with Crippen LogP contribution >= 0.6 is 27.5 Å². The number of benzene rings is 1. The number of halogens is 2. The largest absolute Gasteiger partial charge is 0.281 e. The molecule has 0 spiro atoms. The monoisotopic (exact) mass is 288 g/mol. The number of alkyl halides is 1. The summed E-state index contributed by atoms with van der Waals surface area (Å²) in [7, 11) is 0. The Bertz CT molecular complexity index is 363. The first-order valence-corrected chi connectivity index (χ1v) is 6.38. The van der Waals surface area contributed by atoms with Gasteiger partial charge in [0.15, 0.2) is 0 Å². The molecule has 82 valence electrons. The van der Waals surface area contributed by atoms with Gasteiger partial charge in [0.1, 0.15) is 0 Å². The molecule has 0 heterocycles. The lowest BCUT2D eigenvalue weighted by molar-refractivity contribution is -0.114. The lowest BCUT2D eigenvalue weighted by atomic mass is 9.97. The number of aryl methyl sites for hydroxylation is 1. The Morgan fingerprint density at radius 3 is 2.67 bits per heavy atom. The molecule has 0 fully saturated rings. The molecule has 1 nitrogen and oxygen atoms in total. The molecule has 0 aliphatic heterocycles. The van der Waals surface area contributed by atoms with Gasteiger partial charge in [-0.25, -0.2) is 0 Å². The normalized spacial score (nSPS) is 12.5. The number of carbonyl (C=O) groups is 1. The summed E-state index contributed by atoms with van der Waals surface area (Å²) in [4.78, 5) is 11.0. The van der Waals surface area contributed by atoms with Crippen LogP contribution in [0.5, 0.6) is 0 Å². The second kappa shape index (κ2) is 5.66. The van der Waals surface area contributed by atoms with Crippen LogP contribution < -0.4 is 0 Å². The standard InChI is InChI=1S/C12H14BrClO/c1-8-3-4-10(11(5-8)7-13)6-9(2)12(14)15/h3-5,9H,6-7H2,1-2H3. The number of hydrogen-bond acceptors (Lipinski definition) is 1. The first-order valence-electron chi connectivity index (χ1n) is 4.88. The average molecular weight is 290 g/mol. The minimum atomic E-state index is -0.268. The smallest absolute Gasteiger partial charge is 0.224 e. The molecule has 0 amide bonds. The van der Waals surface area contributed by atoms with E-state index in [1.165, 1.54) is 16.7 Å². The third-order valence-corrected chi connectivity index (χ3v) is 3.40. The van der Waals surface area contributed by atoms with Gasteiger partial charge in [0.2, 0.25) is 5.24 Å².